The Bertz CT molecular complexity index is 1280. The van der Waals surface area contributed by atoms with Gasteiger partial charge in [0.25, 0.3) is 0 Å². The molecule has 6 rings (SSSR count). The molecule has 1 aromatic heterocycles. The van der Waals surface area contributed by atoms with Gasteiger partial charge in [-0.15, -0.1) is 0 Å². The van der Waals surface area contributed by atoms with Crippen LogP contribution in [0.25, 0.3) is 10.9 Å². The van der Waals surface area contributed by atoms with E-state index in [1.165, 1.54) is 23.5 Å². The van der Waals surface area contributed by atoms with Crippen LogP contribution >= 0.6 is 0 Å². The van der Waals surface area contributed by atoms with E-state index >= 15 is 0 Å². The van der Waals surface area contributed by atoms with Crippen molar-refractivity contribution in [1.82, 2.24) is 15.2 Å². The molecule has 3 atom stereocenters. The Hall–Kier alpha value is -3.34. The summed E-state index contributed by atoms with van der Waals surface area (Å²) in [6.45, 7) is 9.79. The SMILES string of the molecule is C[C@@H]1CN(c2ccc(C#N)c3ncccc23)C[C@@H]2C[C@H](N(C)c3ccc(N4CCNCC4)cc3)CCN21. The fourth-order valence-electron chi connectivity index (χ4n) is 6.66. The van der Waals surface area contributed by atoms with Crippen molar-refractivity contribution >= 4 is 28.0 Å². The second-order valence-electron chi connectivity index (χ2n) is 10.8. The molecule has 2 aromatic carbocycles. The highest BCUT2D eigenvalue weighted by atomic mass is 15.3. The zero-order valence-electron chi connectivity index (χ0n) is 22.0. The maximum atomic E-state index is 9.57. The highest BCUT2D eigenvalue weighted by Crippen LogP contribution is 2.35. The summed E-state index contributed by atoms with van der Waals surface area (Å²) in [7, 11) is 2.27. The van der Waals surface area contributed by atoms with Crippen LogP contribution in [0.2, 0.25) is 0 Å². The quantitative estimate of drug-likeness (QED) is 0.592. The summed E-state index contributed by atoms with van der Waals surface area (Å²) in [4.78, 5) is 14.8. The van der Waals surface area contributed by atoms with Gasteiger partial charge >= 0.3 is 0 Å². The summed E-state index contributed by atoms with van der Waals surface area (Å²) >= 11 is 0. The molecule has 3 saturated heterocycles. The Morgan fingerprint density at radius 1 is 1.00 bits per heavy atom. The minimum atomic E-state index is 0.491. The first kappa shape index (κ1) is 24.0. The third-order valence-corrected chi connectivity index (χ3v) is 8.71. The van der Waals surface area contributed by atoms with Gasteiger partial charge in [0.15, 0.2) is 0 Å². The van der Waals surface area contributed by atoms with Gasteiger partial charge in [-0.05, 0) is 68.3 Å². The monoisotopic (exact) mass is 495 g/mol. The number of fused-ring (bicyclic) bond motifs is 2. The lowest BCUT2D eigenvalue weighted by Gasteiger charge is -2.52. The summed E-state index contributed by atoms with van der Waals surface area (Å²) in [5.41, 5.74) is 5.29. The first-order valence-electron chi connectivity index (χ1n) is 13.7. The number of nitrogens with zero attached hydrogens (tertiary/aromatic N) is 6. The number of hydrogen-bond donors (Lipinski definition) is 1. The molecule has 0 aliphatic carbocycles. The molecule has 0 saturated carbocycles. The summed E-state index contributed by atoms with van der Waals surface area (Å²) in [6, 6.07) is 21.2. The molecule has 7 nitrogen and oxygen atoms in total. The number of hydrogen-bond acceptors (Lipinski definition) is 7. The van der Waals surface area contributed by atoms with E-state index in [9.17, 15) is 5.26 Å². The molecule has 0 spiro atoms. The van der Waals surface area contributed by atoms with Gasteiger partial charge in [-0.25, -0.2) is 0 Å². The van der Waals surface area contributed by atoms with Crippen LogP contribution in [0.5, 0.6) is 0 Å². The van der Waals surface area contributed by atoms with Gasteiger partial charge in [0.1, 0.15) is 6.07 Å². The number of anilines is 3. The van der Waals surface area contributed by atoms with Gasteiger partial charge in [0.2, 0.25) is 0 Å². The first-order chi connectivity index (χ1) is 18.1. The maximum absolute atomic E-state index is 9.57. The number of benzene rings is 2. The van der Waals surface area contributed by atoms with Gasteiger partial charge in [-0.2, -0.15) is 5.26 Å². The highest BCUT2D eigenvalue weighted by Gasteiger charge is 2.38. The molecule has 7 heteroatoms. The molecule has 3 aliphatic rings. The molecule has 1 N–H and O–H groups in total. The molecule has 0 bridgehead atoms. The minimum Gasteiger partial charge on any atom is -0.371 e. The van der Waals surface area contributed by atoms with Crippen LogP contribution in [0.1, 0.15) is 25.3 Å². The molecule has 3 fully saturated rings. The molecular formula is C30H37N7. The Balaban J connectivity index is 1.18. The lowest BCUT2D eigenvalue weighted by molar-refractivity contribution is 0.0768. The molecule has 3 aromatic rings. The first-order valence-corrected chi connectivity index (χ1v) is 13.7. The summed E-state index contributed by atoms with van der Waals surface area (Å²) in [5.74, 6) is 0. The average Bonchev–Trinajstić information content (AvgIpc) is 2.96. The number of nitrogens with one attached hydrogen (secondary N) is 1. The molecule has 0 unspecified atom stereocenters. The van der Waals surface area contributed by atoms with Crippen molar-refractivity contribution in [1.29, 1.82) is 5.26 Å². The smallest absolute Gasteiger partial charge is 0.101 e. The van der Waals surface area contributed by atoms with Crippen molar-refractivity contribution in [3.8, 4) is 6.07 Å². The van der Waals surface area contributed by atoms with Crippen molar-refractivity contribution in [3.63, 3.8) is 0 Å². The number of piperazine rings is 2. The van der Waals surface area contributed by atoms with E-state index in [1.54, 1.807) is 6.20 Å². The third kappa shape index (κ3) is 4.60. The minimum absolute atomic E-state index is 0.491. The van der Waals surface area contributed by atoms with Gasteiger partial charge in [-0.1, -0.05) is 0 Å². The predicted octanol–water partition coefficient (Wildman–Crippen LogP) is 3.69. The molecule has 192 valence electrons. The summed E-state index contributed by atoms with van der Waals surface area (Å²) < 4.78 is 0. The molecular weight excluding hydrogens is 458 g/mol. The van der Waals surface area contributed by atoms with Crippen molar-refractivity contribution in [3.05, 3.63) is 60.3 Å². The van der Waals surface area contributed by atoms with Crippen LogP contribution in [0.3, 0.4) is 0 Å². The van der Waals surface area contributed by atoms with Crippen LogP contribution < -0.4 is 20.0 Å². The van der Waals surface area contributed by atoms with Crippen LogP contribution in [0.15, 0.2) is 54.7 Å². The Kier molecular flexibility index (Phi) is 6.62. The van der Waals surface area contributed by atoms with Crippen LogP contribution in [-0.2, 0) is 0 Å². The van der Waals surface area contributed by atoms with E-state index in [0.29, 0.717) is 23.7 Å². The van der Waals surface area contributed by atoms with Crippen molar-refractivity contribution < 1.29 is 0 Å². The van der Waals surface area contributed by atoms with E-state index < -0.39 is 0 Å². The second kappa shape index (κ2) is 10.2. The van der Waals surface area contributed by atoms with Crippen molar-refractivity contribution in [2.24, 2.45) is 0 Å². The number of pyridine rings is 1. The lowest BCUT2D eigenvalue weighted by atomic mass is 9.91. The van der Waals surface area contributed by atoms with E-state index in [-0.39, 0.29) is 0 Å². The van der Waals surface area contributed by atoms with Gasteiger partial charge in [0.05, 0.1) is 11.1 Å². The van der Waals surface area contributed by atoms with Gasteiger partial charge < -0.3 is 20.0 Å². The lowest BCUT2D eigenvalue weighted by Crippen LogP contribution is -2.62. The van der Waals surface area contributed by atoms with Crippen molar-refractivity contribution in [2.75, 3.05) is 67.6 Å². The van der Waals surface area contributed by atoms with Crippen LogP contribution in [0.4, 0.5) is 17.1 Å². The van der Waals surface area contributed by atoms with Crippen LogP contribution in [-0.4, -0.2) is 80.9 Å². The third-order valence-electron chi connectivity index (χ3n) is 8.71. The highest BCUT2D eigenvalue weighted by molar-refractivity contribution is 5.95. The number of rotatable bonds is 4. The summed E-state index contributed by atoms with van der Waals surface area (Å²) in [5, 5.41) is 14.1. The van der Waals surface area contributed by atoms with E-state index in [1.807, 2.05) is 12.1 Å². The van der Waals surface area contributed by atoms with Crippen LogP contribution in [0, 0.1) is 11.3 Å². The molecule has 4 heterocycles. The maximum Gasteiger partial charge on any atom is 0.101 e. The fraction of sp³-hybridized carbons (Fsp3) is 0.467. The Morgan fingerprint density at radius 2 is 1.81 bits per heavy atom. The number of nitriles is 1. The number of piperidine rings is 1. The molecule has 0 radical (unpaired) electrons. The van der Waals surface area contributed by atoms with Gasteiger partial charge in [-0.3, -0.25) is 9.88 Å². The zero-order chi connectivity index (χ0) is 25.4. The largest absolute Gasteiger partial charge is 0.371 e. The van der Waals surface area contributed by atoms with Gasteiger partial charge in [0, 0.05) is 99.6 Å². The fourth-order valence-corrected chi connectivity index (χ4v) is 6.66. The molecule has 3 aliphatic heterocycles. The number of aromatic nitrogens is 1. The average molecular weight is 496 g/mol. The van der Waals surface area contributed by atoms with Crippen molar-refractivity contribution in [2.45, 2.75) is 37.9 Å². The topological polar surface area (TPSA) is 61.7 Å². The predicted molar refractivity (Wildman–Crippen MR) is 152 cm³/mol. The second-order valence-corrected chi connectivity index (χ2v) is 10.8. The Morgan fingerprint density at radius 3 is 2.59 bits per heavy atom. The van der Waals surface area contributed by atoms with E-state index in [2.05, 4.69) is 86.3 Å². The molecule has 37 heavy (non-hydrogen) atoms. The normalized spacial score (nSPS) is 24.5. The standard InChI is InChI=1S/C30H37N7/c1-22-20-36(29-10-5-23(19-31)30-28(29)4-3-12-33-30)21-27-18-26(11-15-37(22)27)34(2)24-6-8-25(9-7-24)35-16-13-32-14-17-35/h3-10,12,22,26-27,32H,11,13-18,20-21H2,1-2H3/t22-,26-,27+/m1/s1. The Labute approximate surface area is 220 Å². The van der Waals surface area contributed by atoms with E-state index in [0.717, 1.165) is 63.1 Å². The molecule has 0 amide bonds. The zero-order valence-corrected chi connectivity index (χ0v) is 22.0. The van der Waals surface area contributed by atoms with E-state index in [4.69, 9.17) is 0 Å². The summed E-state index contributed by atoms with van der Waals surface area (Å²) in [6.07, 6.45) is 4.13.